The van der Waals surface area contributed by atoms with Crippen molar-refractivity contribution in [3.63, 3.8) is 0 Å². The Kier molecular flexibility index (Phi) is 7.65. The van der Waals surface area contributed by atoms with Gasteiger partial charge < -0.3 is 24.4 Å². The van der Waals surface area contributed by atoms with Crippen LogP contribution in [-0.2, 0) is 23.9 Å². The van der Waals surface area contributed by atoms with Crippen LogP contribution >= 0.6 is 0 Å². The Morgan fingerprint density at radius 3 is 2.43 bits per heavy atom. The van der Waals surface area contributed by atoms with E-state index in [1.165, 1.54) is 0 Å². The van der Waals surface area contributed by atoms with Crippen molar-refractivity contribution in [3.05, 3.63) is 24.3 Å². The average Bonchev–Trinajstić information content (AvgIpc) is 3.18. The first kappa shape index (κ1) is 27.8. The molecule has 2 amide bonds. The molecule has 1 N–H and O–H groups in total. The highest BCUT2D eigenvalue weighted by Crippen LogP contribution is 2.58. The lowest BCUT2D eigenvalue weighted by Crippen LogP contribution is -2.61. The number of esters is 1. The van der Waals surface area contributed by atoms with Crippen molar-refractivity contribution in [2.45, 2.75) is 102 Å². The van der Waals surface area contributed by atoms with E-state index in [1.807, 2.05) is 65.8 Å². The van der Waals surface area contributed by atoms with Gasteiger partial charge in [0, 0.05) is 12.1 Å². The van der Waals surface area contributed by atoms with Crippen LogP contribution in [0, 0.1) is 17.8 Å². The van der Waals surface area contributed by atoms with Crippen LogP contribution in [0.25, 0.3) is 0 Å². The Morgan fingerprint density at radius 1 is 1.08 bits per heavy atom. The summed E-state index contributed by atoms with van der Waals surface area (Å²) in [5, 5.41) is 10.4. The van der Waals surface area contributed by atoms with Crippen LogP contribution in [0.15, 0.2) is 24.3 Å². The van der Waals surface area contributed by atoms with Crippen molar-refractivity contribution in [2.24, 2.45) is 17.8 Å². The summed E-state index contributed by atoms with van der Waals surface area (Å²) in [7, 11) is 0. The molecular weight excluding hydrogens is 472 g/mol. The molecule has 0 radical (unpaired) electrons. The van der Waals surface area contributed by atoms with Gasteiger partial charge in [0.2, 0.25) is 11.8 Å². The van der Waals surface area contributed by atoms with Crippen molar-refractivity contribution in [1.82, 2.24) is 9.80 Å². The Bertz CT molecular complexity index is 968. The van der Waals surface area contributed by atoms with Gasteiger partial charge in [0.25, 0.3) is 0 Å². The number of carbonyl (C=O) groups is 3. The fourth-order valence-corrected chi connectivity index (χ4v) is 6.79. The molecule has 0 aromatic carbocycles. The number of ether oxygens (including phenoxy) is 2. The largest absolute Gasteiger partial charge is 0.465 e. The summed E-state index contributed by atoms with van der Waals surface area (Å²) in [5.41, 5.74) is -2.89. The number of carbonyl (C=O) groups excluding carboxylic acids is 3. The second-order valence-electron chi connectivity index (χ2n) is 12.4. The van der Waals surface area contributed by atoms with Gasteiger partial charge >= 0.3 is 5.97 Å². The molecule has 37 heavy (non-hydrogen) atoms. The minimum atomic E-state index is -1.34. The third-order valence-corrected chi connectivity index (χ3v) is 8.48. The zero-order valence-corrected chi connectivity index (χ0v) is 23.2. The fourth-order valence-electron chi connectivity index (χ4n) is 6.79. The molecule has 0 aromatic rings. The van der Waals surface area contributed by atoms with Gasteiger partial charge in [-0.2, -0.15) is 0 Å². The molecule has 6 atom stereocenters. The molecule has 0 saturated carbocycles. The van der Waals surface area contributed by atoms with Crippen LogP contribution in [0.1, 0.15) is 73.6 Å². The quantitative estimate of drug-likeness (QED) is 0.445. The molecule has 4 rings (SSSR count). The molecule has 206 valence electrons. The third-order valence-electron chi connectivity index (χ3n) is 8.48. The Morgan fingerprint density at radius 2 is 1.81 bits per heavy atom. The first-order valence-corrected chi connectivity index (χ1v) is 13.9. The van der Waals surface area contributed by atoms with E-state index >= 15 is 0 Å². The zero-order chi connectivity index (χ0) is 27.2. The number of amides is 2. The van der Waals surface area contributed by atoms with Crippen molar-refractivity contribution in [2.75, 3.05) is 19.8 Å². The number of aliphatic hydroxyl groups is 1. The maximum absolute atomic E-state index is 14.5. The first-order chi connectivity index (χ1) is 17.4. The monoisotopic (exact) mass is 516 g/mol. The van der Waals surface area contributed by atoms with Crippen LogP contribution < -0.4 is 0 Å². The predicted octanol–water partition coefficient (Wildman–Crippen LogP) is 3.23. The van der Waals surface area contributed by atoms with Gasteiger partial charge in [-0.3, -0.25) is 14.4 Å². The molecule has 8 nitrogen and oxygen atoms in total. The number of nitrogens with zero attached hydrogens (tertiary/aromatic N) is 2. The summed E-state index contributed by atoms with van der Waals surface area (Å²) in [6.07, 6.45) is 11.2. The Labute approximate surface area is 221 Å². The van der Waals surface area contributed by atoms with Crippen molar-refractivity contribution < 1.29 is 29.0 Å². The van der Waals surface area contributed by atoms with Gasteiger partial charge in [-0.1, -0.05) is 45.1 Å². The highest BCUT2D eigenvalue weighted by atomic mass is 16.6. The van der Waals surface area contributed by atoms with E-state index in [9.17, 15) is 19.5 Å². The number of hydrogen-bond donors (Lipinski definition) is 1. The molecule has 4 aliphatic rings. The summed E-state index contributed by atoms with van der Waals surface area (Å²) in [6, 6.07) is -1.55. The zero-order valence-electron chi connectivity index (χ0n) is 23.2. The number of cyclic esters (lactones) is 1. The summed E-state index contributed by atoms with van der Waals surface area (Å²) in [6.45, 7) is 12.3. The van der Waals surface area contributed by atoms with Crippen LogP contribution in [-0.4, -0.2) is 81.3 Å². The van der Waals surface area contributed by atoms with Gasteiger partial charge in [-0.25, -0.2) is 0 Å². The van der Waals surface area contributed by atoms with Gasteiger partial charge in [0.1, 0.15) is 23.2 Å². The summed E-state index contributed by atoms with van der Waals surface area (Å²) >= 11 is 0. The van der Waals surface area contributed by atoms with E-state index in [0.717, 1.165) is 19.3 Å². The van der Waals surface area contributed by atoms with E-state index in [0.29, 0.717) is 26.0 Å². The Balaban J connectivity index is 1.93. The molecule has 1 spiro atoms. The maximum atomic E-state index is 14.5. The predicted molar refractivity (Wildman–Crippen MR) is 139 cm³/mol. The SMILES string of the molecule is CC[C@]12/C=C\CCCCOC(=O)[C@H]1[C@H]1C(=O)N([C@@H](CO)CC(C)C)C3C(=O)N(C(C)(C)C)CC=C[C@@]31O2. The lowest BCUT2D eigenvalue weighted by Gasteiger charge is -2.43. The number of allylic oxidation sites excluding steroid dienone is 1. The minimum Gasteiger partial charge on any atom is -0.465 e. The normalized spacial score (nSPS) is 36.1. The smallest absolute Gasteiger partial charge is 0.313 e. The standard InChI is InChI=1S/C29H44N2O6/c1-7-28-13-10-8-9-11-16-36-26(35)22(28)21-24(33)31(20(18-32)17-19(2)3)23-25(34)30(27(4,5)6)15-12-14-29(21,23)37-28/h10,12-14,19-23,32H,7-9,11,15-18H2,1-6H3/b13-10-/t20-,21+,22-,23?,28+,29+/m1/s1. The fraction of sp³-hybridized carbons (Fsp3) is 0.759. The minimum absolute atomic E-state index is 0.189. The number of aliphatic hydroxyl groups excluding tert-OH is 1. The van der Waals surface area contributed by atoms with Crippen molar-refractivity contribution in [1.29, 1.82) is 0 Å². The first-order valence-electron chi connectivity index (χ1n) is 13.9. The third kappa shape index (κ3) is 4.54. The average molecular weight is 517 g/mol. The lowest BCUT2D eigenvalue weighted by atomic mass is 9.73. The topological polar surface area (TPSA) is 96.4 Å². The highest BCUT2D eigenvalue weighted by molar-refractivity contribution is 5.99. The molecule has 2 saturated heterocycles. The summed E-state index contributed by atoms with van der Waals surface area (Å²) < 4.78 is 12.7. The van der Waals surface area contributed by atoms with Crippen LogP contribution in [0.5, 0.6) is 0 Å². The van der Waals surface area contributed by atoms with Crippen molar-refractivity contribution >= 4 is 17.8 Å². The Hall–Kier alpha value is -2.19. The lowest BCUT2D eigenvalue weighted by molar-refractivity contribution is -0.164. The number of hydrogen-bond acceptors (Lipinski definition) is 6. The van der Waals surface area contributed by atoms with E-state index in [2.05, 4.69) is 0 Å². The van der Waals surface area contributed by atoms with Gasteiger partial charge in [-0.15, -0.1) is 0 Å². The summed E-state index contributed by atoms with van der Waals surface area (Å²) in [5.74, 6) is -2.61. The van der Waals surface area contributed by atoms with E-state index in [-0.39, 0.29) is 24.3 Å². The van der Waals surface area contributed by atoms with Gasteiger partial charge in [0.15, 0.2) is 0 Å². The van der Waals surface area contributed by atoms with E-state index in [1.54, 1.807) is 9.80 Å². The second-order valence-corrected chi connectivity index (χ2v) is 12.4. The number of rotatable bonds is 5. The highest BCUT2D eigenvalue weighted by Gasteiger charge is 2.76. The molecular formula is C29H44N2O6. The van der Waals surface area contributed by atoms with Gasteiger partial charge in [0.05, 0.1) is 25.2 Å². The maximum Gasteiger partial charge on any atom is 0.313 e. The molecule has 4 aliphatic heterocycles. The molecule has 2 fully saturated rings. The van der Waals surface area contributed by atoms with Crippen LogP contribution in [0.3, 0.4) is 0 Å². The molecule has 0 aromatic heterocycles. The van der Waals surface area contributed by atoms with Crippen LogP contribution in [0.4, 0.5) is 0 Å². The second kappa shape index (κ2) is 10.2. The molecule has 8 heteroatoms. The van der Waals surface area contributed by atoms with Crippen molar-refractivity contribution in [3.8, 4) is 0 Å². The van der Waals surface area contributed by atoms with E-state index < -0.39 is 46.6 Å². The van der Waals surface area contributed by atoms with Crippen LogP contribution in [0.2, 0.25) is 0 Å². The van der Waals surface area contributed by atoms with Gasteiger partial charge in [-0.05, 0) is 58.8 Å². The number of likely N-dealkylation sites (tertiary alicyclic amines) is 1. The molecule has 0 aliphatic carbocycles. The molecule has 4 heterocycles. The van der Waals surface area contributed by atoms with E-state index in [4.69, 9.17) is 9.47 Å². The molecule has 0 bridgehead atoms. The number of fused-ring (bicyclic) bond motifs is 2. The molecule has 1 unspecified atom stereocenters. The summed E-state index contributed by atoms with van der Waals surface area (Å²) in [4.78, 5) is 45.8.